The Balaban J connectivity index is 1.79. The molecule has 0 saturated heterocycles. The van der Waals surface area contributed by atoms with Crippen LogP contribution in [0.3, 0.4) is 0 Å². The molecule has 1 saturated carbocycles. The highest BCUT2D eigenvalue weighted by molar-refractivity contribution is 5.33. The lowest BCUT2D eigenvalue weighted by Crippen LogP contribution is -2.02. The number of hydrogen-bond donors (Lipinski definition) is 1. The Morgan fingerprint density at radius 1 is 1.11 bits per heavy atom. The van der Waals surface area contributed by atoms with Crippen molar-refractivity contribution in [2.45, 2.75) is 57.0 Å². The van der Waals surface area contributed by atoms with E-state index in [4.69, 9.17) is 0 Å². The van der Waals surface area contributed by atoms with Gasteiger partial charge in [0.15, 0.2) is 0 Å². The second-order valence-electron chi connectivity index (χ2n) is 5.73. The fourth-order valence-corrected chi connectivity index (χ4v) is 2.90. The predicted molar refractivity (Wildman–Crippen MR) is 74.5 cm³/mol. The third-order valence-corrected chi connectivity index (χ3v) is 4.20. The van der Waals surface area contributed by atoms with E-state index in [1.165, 1.54) is 43.2 Å². The molecule has 0 amide bonds. The predicted octanol–water partition coefficient (Wildman–Crippen LogP) is 4.49. The largest absolute Gasteiger partial charge is 0.384 e. The van der Waals surface area contributed by atoms with Gasteiger partial charge in [-0.1, -0.05) is 36.8 Å². The molecule has 1 fully saturated rings. The van der Waals surface area contributed by atoms with Gasteiger partial charge in [-0.15, -0.1) is 0 Å². The highest BCUT2D eigenvalue weighted by atomic mass is 16.3. The molecule has 1 aromatic rings. The van der Waals surface area contributed by atoms with Gasteiger partial charge in [0.2, 0.25) is 0 Å². The van der Waals surface area contributed by atoms with Gasteiger partial charge in [-0.2, -0.15) is 0 Å². The molecular formula is C17H22O. The second kappa shape index (κ2) is 5.27. The van der Waals surface area contributed by atoms with Crippen molar-refractivity contribution in [2.24, 2.45) is 0 Å². The molecule has 0 aromatic heterocycles. The maximum Gasteiger partial charge on any atom is 0.100 e. The molecule has 2 aliphatic carbocycles. The Labute approximate surface area is 110 Å². The van der Waals surface area contributed by atoms with E-state index in [-0.39, 0.29) is 6.10 Å². The first-order valence-corrected chi connectivity index (χ1v) is 7.31. The molecule has 0 spiro atoms. The first-order valence-electron chi connectivity index (χ1n) is 7.31. The molecule has 1 aromatic carbocycles. The Bertz CT molecular complexity index is 443. The third kappa shape index (κ3) is 2.67. The molecule has 1 heteroatoms. The van der Waals surface area contributed by atoms with Crippen molar-refractivity contribution < 1.29 is 5.11 Å². The standard InChI is InChI=1S/C17H22O/c18-17(14-6-3-1-2-4-7-14)16-9-5-8-15(12-16)13-10-11-13/h5-6,8-9,12-13,17-18H,1-4,7,10-11H2. The van der Waals surface area contributed by atoms with E-state index in [1.807, 2.05) is 0 Å². The fourth-order valence-electron chi connectivity index (χ4n) is 2.90. The van der Waals surface area contributed by atoms with E-state index in [1.54, 1.807) is 0 Å². The number of aliphatic hydroxyl groups is 1. The van der Waals surface area contributed by atoms with E-state index in [2.05, 4.69) is 30.3 Å². The molecule has 0 radical (unpaired) electrons. The van der Waals surface area contributed by atoms with Crippen LogP contribution >= 0.6 is 0 Å². The van der Waals surface area contributed by atoms with Crippen LogP contribution in [0, 0.1) is 0 Å². The van der Waals surface area contributed by atoms with E-state index in [0.717, 1.165) is 24.3 Å². The van der Waals surface area contributed by atoms with Crippen molar-refractivity contribution in [1.29, 1.82) is 0 Å². The lowest BCUT2D eigenvalue weighted by atomic mass is 9.95. The zero-order valence-corrected chi connectivity index (χ0v) is 10.9. The van der Waals surface area contributed by atoms with Gasteiger partial charge in [0.05, 0.1) is 0 Å². The monoisotopic (exact) mass is 242 g/mol. The molecule has 1 unspecified atom stereocenters. The molecule has 0 aliphatic heterocycles. The van der Waals surface area contributed by atoms with Crippen molar-refractivity contribution in [3.05, 3.63) is 47.0 Å². The lowest BCUT2D eigenvalue weighted by Gasteiger charge is -2.15. The summed E-state index contributed by atoms with van der Waals surface area (Å²) >= 11 is 0. The van der Waals surface area contributed by atoms with Crippen LogP contribution in [0.15, 0.2) is 35.9 Å². The van der Waals surface area contributed by atoms with Gasteiger partial charge >= 0.3 is 0 Å². The van der Waals surface area contributed by atoms with Crippen LogP contribution in [0.2, 0.25) is 0 Å². The summed E-state index contributed by atoms with van der Waals surface area (Å²) in [5, 5.41) is 10.5. The van der Waals surface area contributed by atoms with Crippen LogP contribution in [0.4, 0.5) is 0 Å². The average Bonchev–Trinajstić information content (AvgIpc) is 3.24. The summed E-state index contributed by atoms with van der Waals surface area (Å²) in [6.07, 6.45) is 10.5. The van der Waals surface area contributed by atoms with Crippen molar-refractivity contribution in [1.82, 2.24) is 0 Å². The van der Waals surface area contributed by atoms with Gasteiger partial charge in [0.1, 0.15) is 6.10 Å². The molecule has 2 aliphatic rings. The molecule has 18 heavy (non-hydrogen) atoms. The lowest BCUT2D eigenvalue weighted by molar-refractivity contribution is 0.210. The summed E-state index contributed by atoms with van der Waals surface area (Å²) in [7, 11) is 0. The van der Waals surface area contributed by atoms with Gasteiger partial charge in [-0.3, -0.25) is 0 Å². The van der Waals surface area contributed by atoms with E-state index < -0.39 is 0 Å². The Hall–Kier alpha value is -1.08. The first kappa shape index (κ1) is 12.0. The van der Waals surface area contributed by atoms with Crippen molar-refractivity contribution in [3.8, 4) is 0 Å². The smallest absolute Gasteiger partial charge is 0.100 e. The summed E-state index contributed by atoms with van der Waals surface area (Å²) in [6, 6.07) is 8.59. The summed E-state index contributed by atoms with van der Waals surface area (Å²) < 4.78 is 0. The molecule has 1 nitrogen and oxygen atoms in total. The van der Waals surface area contributed by atoms with Crippen molar-refractivity contribution in [2.75, 3.05) is 0 Å². The minimum absolute atomic E-state index is 0.373. The van der Waals surface area contributed by atoms with E-state index in [9.17, 15) is 5.11 Å². The maximum atomic E-state index is 10.5. The van der Waals surface area contributed by atoms with E-state index in [0.29, 0.717) is 0 Å². The quantitative estimate of drug-likeness (QED) is 0.774. The van der Waals surface area contributed by atoms with Crippen LogP contribution in [0.5, 0.6) is 0 Å². The summed E-state index contributed by atoms with van der Waals surface area (Å²) in [6.45, 7) is 0. The normalized spacial score (nSPS) is 22.2. The number of benzene rings is 1. The zero-order chi connectivity index (χ0) is 12.4. The third-order valence-electron chi connectivity index (χ3n) is 4.20. The molecule has 1 atom stereocenters. The SMILES string of the molecule is OC(C1=CCCCCC1)c1cccc(C2CC2)c1. The van der Waals surface area contributed by atoms with Gasteiger partial charge < -0.3 is 5.11 Å². The van der Waals surface area contributed by atoms with Crippen molar-refractivity contribution >= 4 is 0 Å². The van der Waals surface area contributed by atoms with Crippen LogP contribution in [0.1, 0.15) is 68.1 Å². The molecule has 3 rings (SSSR count). The minimum Gasteiger partial charge on any atom is -0.384 e. The molecule has 1 N–H and O–H groups in total. The average molecular weight is 242 g/mol. The first-order chi connectivity index (χ1) is 8.84. The van der Waals surface area contributed by atoms with Gasteiger partial charge in [0.25, 0.3) is 0 Å². The second-order valence-corrected chi connectivity index (χ2v) is 5.73. The van der Waals surface area contributed by atoms with Crippen LogP contribution in [0.25, 0.3) is 0 Å². The summed E-state index contributed by atoms with van der Waals surface area (Å²) in [5.41, 5.74) is 3.74. The highest BCUT2D eigenvalue weighted by Crippen LogP contribution is 2.41. The molecule has 0 bridgehead atoms. The molecule has 96 valence electrons. The minimum atomic E-state index is -0.373. The summed E-state index contributed by atoms with van der Waals surface area (Å²) in [5.74, 6) is 0.764. The van der Waals surface area contributed by atoms with Crippen LogP contribution < -0.4 is 0 Å². The van der Waals surface area contributed by atoms with Gasteiger partial charge in [-0.25, -0.2) is 0 Å². The van der Waals surface area contributed by atoms with Gasteiger partial charge in [-0.05, 0) is 61.1 Å². The van der Waals surface area contributed by atoms with Crippen LogP contribution in [-0.2, 0) is 0 Å². The number of hydrogen-bond acceptors (Lipinski definition) is 1. The Morgan fingerprint density at radius 3 is 2.83 bits per heavy atom. The zero-order valence-electron chi connectivity index (χ0n) is 10.9. The topological polar surface area (TPSA) is 20.2 Å². The number of rotatable bonds is 3. The van der Waals surface area contributed by atoms with Crippen molar-refractivity contribution in [3.63, 3.8) is 0 Å². The van der Waals surface area contributed by atoms with Gasteiger partial charge in [0, 0.05) is 0 Å². The van der Waals surface area contributed by atoms with E-state index >= 15 is 0 Å². The Morgan fingerprint density at radius 2 is 2.00 bits per heavy atom. The number of allylic oxidation sites excluding steroid dienone is 1. The van der Waals surface area contributed by atoms with Crippen LogP contribution in [-0.4, -0.2) is 5.11 Å². The molecular weight excluding hydrogens is 220 g/mol. The molecule has 0 heterocycles. The Kier molecular flexibility index (Phi) is 3.51. The summed E-state index contributed by atoms with van der Waals surface area (Å²) in [4.78, 5) is 0. The fraction of sp³-hybridized carbons (Fsp3) is 0.529. The number of aliphatic hydroxyl groups excluding tert-OH is 1. The highest BCUT2D eigenvalue weighted by Gasteiger charge is 2.24. The maximum absolute atomic E-state index is 10.5.